The van der Waals surface area contributed by atoms with Gasteiger partial charge in [-0.15, -0.1) is 0 Å². The number of benzene rings is 10. The monoisotopic (exact) mass is 880 g/mol. The molecule has 0 fully saturated rings. The van der Waals surface area contributed by atoms with E-state index in [1.54, 1.807) is 0 Å². The van der Waals surface area contributed by atoms with Gasteiger partial charge in [-0.2, -0.15) is 0 Å². The molecule has 0 bridgehead atoms. The van der Waals surface area contributed by atoms with Crippen molar-refractivity contribution in [3.8, 4) is 11.1 Å². The lowest BCUT2D eigenvalue weighted by Crippen LogP contribution is -2.11. The van der Waals surface area contributed by atoms with Crippen LogP contribution in [0.2, 0.25) is 0 Å². The van der Waals surface area contributed by atoms with Crippen molar-refractivity contribution in [3.05, 3.63) is 214 Å². The second kappa shape index (κ2) is 15.8. The first kappa shape index (κ1) is 41.4. The van der Waals surface area contributed by atoms with E-state index < -0.39 is 0 Å². The molecule has 0 atom stereocenters. The third-order valence-corrected chi connectivity index (χ3v) is 13.5. The normalized spacial score (nSPS) is 11.8. The fraction of sp³-hybridized carbons (Fsp3) is 0.125. The van der Waals surface area contributed by atoms with Crippen LogP contribution in [0, 0.1) is 55.4 Å². The van der Waals surface area contributed by atoms with Crippen molar-refractivity contribution in [2.24, 2.45) is 0 Å². The summed E-state index contributed by atoms with van der Waals surface area (Å²) in [6, 6.07) is 62.6. The lowest BCUT2D eigenvalue weighted by atomic mass is 9.97. The Kier molecular flexibility index (Phi) is 9.60. The fourth-order valence-corrected chi connectivity index (χ4v) is 11.0. The predicted octanol–water partition coefficient (Wildman–Crippen LogP) is 18.9. The van der Waals surface area contributed by atoms with Crippen LogP contribution in [0.3, 0.4) is 0 Å². The van der Waals surface area contributed by atoms with E-state index in [4.69, 9.17) is 8.83 Å². The average Bonchev–Trinajstić information content (AvgIpc) is 3.82. The predicted molar refractivity (Wildman–Crippen MR) is 289 cm³/mol. The van der Waals surface area contributed by atoms with E-state index >= 15 is 0 Å². The maximum Gasteiger partial charge on any atom is 0.147 e. The van der Waals surface area contributed by atoms with E-state index in [1.807, 2.05) is 0 Å². The van der Waals surface area contributed by atoms with Gasteiger partial charge in [-0.25, -0.2) is 0 Å². The summed E-state index contributed by atoms with van der Waals surface area (Å²) >= 11 is 0. The number of aryl methyl sites for hydroxylation is 8. The molecule has 0 aliphatic rings. The van der Waals surface area contributed by atoms with Crippen molar-refractivity contribution in [3.63, 3.8) is 0 Å². The number of rotatable bonds is 7. The van der Waals surface area contributed by atoms with Gasteiger partial charge in [0.1, 0.15) is 22.3 Å². The molecule has 4 nitrogen and oxygen atoms in total. The summed E-state index contributed by atoms with van der Waals surface area (Å²) in [6.07, 6.45) is 0. The van der Waals surface area contributed by atoms with Gasteiger partial charge in [0.2, 0.25) is 0 Å². The Hall–Kier alpha value is -8.08. The van der Waals surface area contributed by atoms with Crippen molar-refractivity contribution in [2.45, 2.75) is 55.4 Å². The molecule has 10 aromatic carbocycles. The van der Waals surface area contributed by atoms with Gasteiger partial charge < -0.3 is 18.6 Å². The summed E-state index contributed by atoms with van der Waals surface area (Å²) in [5.74, 6) is 0. The lowest BCUT2D eigenvalue weighted by molar-refractivity contribution is 0.658. The molecular formula is C64H52N2O2. The minimum atomic E-state index is 0.824. The maximum absolute atomic E-state index is 7.04. The average molecular weight is 881 g/mol. The second-order valence-electron chi connectivity index (χ2n) is 19.4. The zero-order valence-corrected chi connectivity index (χ0v) is 39.9. The standard InChI is InChI=1S/C64H52N2O2/c1-37-18-38(2)23-52(22-37)65(53-24-39(3)19-40(4)25-53)50-16-14-46-32-56-58-36-59-57-33-47-15-17-51(66(54-26-41(5)20-42(6)27-54)55-28-43(7)21-44(8)29-55)31-49(47)35-61(57)68-64(59)62(45-12-10-9-11-13-45)63(58)67-60(56)34-48(46)30-50/h9-36H,1-8H3. The van der Waals surface area contributed by atoms with Gasteiger partial charge in [-0.05, 0) is 230 Å². The van der Waals surface area contributed by atoms with Crippen LogP contribution in [-0.2, 0) is 0 Å². The summed E-state index contributed by atoms with van der Waals surface area (Å²) in [4.78, 5) is 4.76. The minimum Gasteiger partial charge on any atom is -0.455 e. The minimum absolute atomic E-state index is 0.824. The Labute approximate surface area is 397 Å². The molecule has 0 spiro atoms. The molecule has 12 aromatic rings. The highest BCUT2D eigenvalue weighted by atomic mass is 16.3. The van der Waals surface area contributed by atoms with Crippen LogP contribution < -0.4 is 9.80 Å². The van der Waals surface area contributed by atoms with Crippen LogP contribution in [-0.4, -0.2) is 0 Å². The van der Waals surface area contributed by atoms with Gasteiger partial charge in [0.05, 0.1) is 5.56 Å². The third kappa shape index (κ3) is 7.16. The Bertz CT molecular complexity index is 3600. The molecule has 330 valence electrons. The maximum atomic E-state index is 7.04. The van der Waals surface area contributed by atoms with Gasteiger partial charge >= 0.3 is 0 Å². The molecule has 0 aliphatic heterocycles. The number of hydrogen-bond acceptors (Lipinski definition) is 4. The Morgan fingerprint density at radius 3 is 0.985 bits per heavy atom. The SMILES string of the molecule is Cc1cc(C)cc(N(c2cc(C)cc(C)c2)c2ccc3cc4c(cc3c2)oc2c(-c3ccccc3)c3oc5cc6cc(N(c7cc(C)cc(C)c7)c7cc(C)cc(C)c7)ccc6cc5c3cc24)c1. The highest BCUT2D eigenvalue weighted by Crippen LogP contribution is 2.47. The van der Waals surface area contributed by atoms with Crippen molar-refractivity contribution < 1.29 is 8.83 Å². The second-order valence-corrected chi connectivity index (χ2v) is 19.4. The van der Waals surface area contributed by atoms with E-state index in [9.17, 15) is 0 Å². The highest BCUT2D eigenvalue weighted by molar-refractivity contribution is 6.24. The molecule has 0 N–H and O–H groups in total. The first-order valence-corrected chi connectivity index (χ1v) is 23.6. The molecule has 0 unspecified atom stereocenters. The van der Waals surface area contributed by atoms with Crippen molar-refractivity contribution >= 4 is 99.5 Å². The van der Waals surface area contributed by atoms with E-state index in [-0.39, 0.29) is 0 Å². The quantitative estimate of drug-likeness (QED) is 0.160. The summed E-state index contributed by atoms with van der Waals surface area (Å²) in [7, 11) is 0. The van der Waals surface area contributed by atoms with Crippen LogP contribution in [0.5, 0.6) is 0 Å². The lowest BCUT2D eigenvalue weighted by Gasteiger charge is -2.27. The molecule has 2 heterocycles. The summed E-state index contributed by atoms with van der Waals surface area (Å²) < 4.78 is 14.1. The third-order valence-electron chi connectivity index (χ3n) is 13.5. The number of fused-ring (bicyclic) bond motifs is 8. The number of anilines is 6. The fourth-order valence-electron chi connectivity index (χ4n) is 11.0. The van der Waals surface area contributed by atoms with Gasteiger partial charge in [0, 0.05) is 55.7 Å². The number of furan rings is 2. The molecule has 0 amide bonds. The topological polar surface area (TPSA) is 32.8 Å². The van der Waals surface area contributed by atoms with Crippen LogP contribution in [0.25, 0.3) is 76.5 Å². The first-order chi connectivity index (χ1) is 32.9. The largest absolute Gasteiger partial charge is 0.455 e. The van der Waals surface area contributed by atoms with Crippen molar-refractivity contribution in [2.75, 3.05) is 9.80 Å². The van der Waals surface area contributed by atoms with Crippen LogP contribution in [0.4, 0.5) is 34.1 Å². The molecule has 0 saturated heterocycles. The Balaban J connectivity index is 1.03. The van der Waals surface area contributed by atoms with E-state index in [2.05, 4.69) is 235 Å². The highest BCUT2D eigenvalue weighted by Gasteiger charge is 2.23. The molecule has 0 aliphatic carbocycles. The zero-order chi connectivity index (χ0) is 46.5. The molecular weight excluding hydrogens is 829 g/mol. The molecule has 0 radical (unpaired) electrons. The molecule has 4 heteroatoms. The van der Waals surface area contributed by atoms with Crippen molar-refractivity contribution in [1.82, 2.24) is 0 Å². The van der Waals surface area contributed by atoms with Gasteiger partial charge in [0.15, 0.2) is 0 Å². The number of nitrogens with zero attached hydrogens (tertiary/aromatic N) is 2. The Morgan fingerprint density at radius 1 is 0.279 bits per heavy atom. The molecule has 12 rings (SSSR count). The van der Waals surface area contributed by atoms with Crippen LogP contribution >= 0.6 is 0 Å². The first-order valence-electron chi connectivity index (χ1n) is 23.6. The molecule has 2 aromatic heterocycles. The van der Waals surface area contributed by atoms with E-state index in [0.717, 1.165) is 111 Å². The Morgan fingerprint density at radius 2 is 0.632 bits per heavy atom. The van der Waals surface area contributed by atoms with Crippen LogP contribution in [0.15, 0.2) is 179 Å². The van der Waals surface area contributed by atoms with Gasteiger partial charge in [0.25, 0.3) is 0 Å². The zero-order valence-electron chi connectivity index (χ0n) is 39.9. The van der Waals surface area contributed by atoms with E-state index in [0.29, 0.717) is 0 Å². The van der Waals surface area contributed by atoms with Crippen LogP contribution in [0.1, 0.15) is 44.5 Å². The smallest absolute Gasteiger partial charge is 0.147 e. The van der Waals surface area contributed by atoms with E-state index in [1.165, 1.54) is 44.5 Å². The summed E-state index contributed by atoms with van der Waals surface area (Å²) in [5.41, 5.74) is 22.0. The van der Waals surface area contributed by atoms with Gasteiger partial charge in [-0.3, -0.25) is 0 Å². The summed E-state index contributed by atoms with van der Waals surface area (Å²) in [5, 5.41) is 8.83. The van der Waals surface area contributed by atoms with Crippen molar-refractivity contribution in [1.29, 1.82) is 0 Å². The van der Waals surface area contributed by atoms with Gasteiger partial charge in [-0.1, -0.05) is 66.7 Å². The summed E-state index contributed by atoms with van der Waals surface area (Å²) in [6.45, 7) is 17.4. The molecule has 68 heavy (non-hydrogen) atoms. The molecule has 0 saturated carbocycles. The number of hydrogen-bond donors (Lipinski definition) is 0.